The Balaban J connectivity index is 2.55. The molecule has 0 aromatic heterocycles. The summed E-state index contributed by atoms with van der Waals surface area (Å²) in [6.45, 7) is 6.36. The fourth-order valence-corrected chi connectivity index (χ4v) is 1.37. The third-order valence-corrected chi connectivity index (χ3v) is 2.36. The van der Waals surface area contributed by atoms with Gasteiger partial charge in [-0.25, -0.2) is 0 Å². The molecule has 0 saturated heterocycles. The summed E-state index contributed by atoms with van der Waals surface area (Å²) in [5.74, 6) is 0.770. The number of carbonyl (C=O) groups is 2. The molecule has 98 valence electrons. The van der Waals surface area contributed by atoms with Crippen LogP contribution in [0, 0.1) is 5.92 Å². The number of hydrogen-bond donors (Lipinski definition) is 1. The van der Waals surface area contributed by atoms with Crippen LogP contribution in [0.2, 0.25) is 0 Å². The smallest absolute Gasteiger partial charge is 0.260 e. The molecule has 1 rings (SSSR count). The molecule has 18 heavy (non-hydrogen) atoms. The van der Waals surface area contributed by atoms with Crippen molar-refractivity contribution in [1.29, 1.82) is 0 Å². The summed E-state index contributed by atoms with van der Waals surface area (Å²) in [7, 11) is 0. The zero-order chi connectivity index (χ0) is 13.5. The lowest BCUT2D eigenvalue weighted by Gasteiger charge is -2.15. The minimum Gasteiger partial charge on any atom is -0.481 e. The first kappa shape index (κ1) is 14.2. The molecular formula is C14H19NO3. The van der Waals surface area contributed by atoms with E-state index in [2.05, 4.69) is 5.32 Å². The topological polar surface area (TPSA) is 55.4 Å². The Morgan fingerprint density at radius 2 is 2.11 bits per heavy atom. The monoisotopic (exact) mass is 249 g/mol. The molecule has 1 aromatic rings. The fraction of sp³-hybridized carbons (Fsp3) is 0.429. The Morgan fingerprint density at radius 1 is 1.39 bits per heavy atom. The summed E-state index contributed by atoms with van der Waals surface area (Å²) in [6.07, 6.45) is 0.168. The maximum Gasteiger partial charge on any atom is 0.260 e. The average molecular weight is 249 g/mol. The molecule has 1 amide bonds. The summed E-state index contributed by atoms with van der Waals surface area (Å²) >= 11 is 0. The van der Waals surface area contributed by atoms with Gasteiger partial charge in [-0.2, -0.15) is 0 Å². The molecule has 0 spiro atoms. The summed E-state index contributed by atoms with van der Waals surface area (Å²) in [5, 5.41) is 2.80. The first-order chi connectivity index (χ1) is 8.52. The van der Waals surface area contributed by atoms with E-state index in [1.807, 2.05) is 13.8 Å². The van der Waals surface area contributed by atoms with Crippen molar-refractivity contribution in [3.63, 3.8) is 0 Å². The second-order valence-corrected chi connectivity index (χ2v) is 4.59. The number of rotatable bonds is 6. The van der Waals surface area contributed by atoms with Crippen LogP contribution in [-0.4, -0.2) is 24.8 Å². The van der Waals surface area contributed by atoms with Crippen molar-refractivity contribution in [2.24, 2.45) is 5.92 Å². The highest BCUT2D eigenvalue weighted by Crippen LogP contribution is 2.13. The molecule has 0 aliphatic carbocycles. The van der Waals surface area contributed by atoms with Gasteiger partial charge in [0.25, 0.3) is 5.91 Å². The van der Waals surface area contributed by atoms with Crippen LogP contribution in [-0.2, 0) is 4.79 Å². The maximum absolute atomic E-state index is 11.7. The van der Waals surface area contributed by atoms with Crippen LogP contribution in [0.15, 0.2) is 24.3 Å². The molecule has 4 nitrogen and oxygen atoms in total. The van der Waals surface area contributed by atoms with Gasteiger partial charge in [0.2, 0.25) is 0 Å². The van der Waals surface area contributed by atoms with Gasteiger partial charge in [-0.05, 0) is 25.0 Å². The van der Waals surface area contributed by atoms with Gasteiger partial charge < -0.3 is 10.1 Å². The molecule has 1 aromatic carbocycles. The van der Waals surface area contributed by atoms with Crippen LogP contribution >= 0.6 is 0 Å². The SMILES string of the molecule is CC(C)CNC(=O)C(C)Oc1cccc(C=O)c1. The van der Waals surface area contributed by atoms with Crippen molar-refractivity contribution in [3.05, 3.63) is 29.8 Å². The molecule has 0 heterocycles. The Kier molecular flexibility index (Phi) is 5.36. The lowest BCUT2D eigenvalue weighted by Crippen LogP contribution is -2.38. The van der Waals surface area contributed by atoms with Gasteiger partial charge in [0.1, 0.15) is 12.0 Å². The molecular weight excluding hydrogens is 230 g/mol. The van der Waals surface area contributed by atoms with E-state index in [9.17, 15) is 9.59 Å². The van der Waals surface area contributed by atoms with Gasteiger partial charge in [-0.15, -0.1) is 0 Å². The van der Waals surface area contributed by atoms with Crippen molar-refractivity contribution < 1.29 is 14.3 Å². The van der Waals surface area contributed by atoms with Crippen LogP contribution in [0.25, 0.3) is 0 Å². The quantitative estimate of drug-likeness (QED) is 0.785. The molecule has 1 unspecified atom stereocenters. The van der Waals surface area contributed by atoms with E-state index in [0.717, 1.165) is 6.29 Å². The van der Waals surface area contributed by atoms with E-state index >= 15 is 0 Å². The molecule has 0 fully saturated rings. The minimum absolute atomic E-state index is 0.153. The Bertz CT molecular complexity index is 415. The Labute approximate surface area is 107 Å². The summed E-state index contributed by atoms with van der Waals surface area (Å²) in [5.41, 5.74) is 0.530. The zero-order valence-electron chi connectivity index (χ0n) is 11.0. The predicted octanol–water partition coefficient (Wildman–Crippen LogP) is 2.04. The highest BCUT2D eigenvalue weighted by molar-refractivity contribution is 5.81. The van der Waals surface area contributed by atoms with E-state index in [0.29, 0.717) is 23.8 Å². The molecule has 0 radical (unpaired) electrons. The van der Waals surface area contributed by atoms with Crippen molar-refractivity contribution in [3.8, 4) is 5.75 Å². The lowest BCUT2D eigenvalue weighted by molar-refractivity contribution is -0.127. The van der Waals surface area contributed by atoms with Gasteiger partial charge in [-0.1, -0.05) is 26.0 Å². The molecule has 0 aliphatic rings. The molecule has 1 N–H and O–H groups in total. The van der Waals surface area contributed by atoms with Crippen molar-refractivity contribution in [2.75, 3.05) is 6.54 Å². The summed E-state index contributed by atoms with van der Waals surface area (Å²) < 4.78 is 5.48. The van der Waals surface area contributed by atoms with Crippen LogP contribution in [0.5, 0.6) is 5.75 Å². The first-order valence-corrected chi connectivity index (χ1v) is 6.02. The number of ether oxygens (including phenoxy) is 1. The normalized spacial score (nSPS) is 12.0. The number of amides is 1. The average Bonchev–Trinajstić information content (AvgIpc) is 2.36. The highest BCUT2D eigenvalue weighted by atomic mass is 16.5. The maximum atomic E-state index is 11.7. The summed E-state index contributed by atoms with van der Waals surface area (Å²) in [6, 6.07) is 6.74. The van der Waals surface area contributed by atoms with Crippen LogP contribution < -0.4 is 10.1 Å². The number of hydrogen-bond acceptors (Lipinski definition) is 3. The standard InChI is InChI=1S/C14H19NO3/c1-10(2)8-15-14(17)11(3)18-13-6-4-5-12(7-13)9-16/h4-7,9-11H,8H2,1-3H3,(H,15,17). The van der Waals surface area contributed by atoms with E-state index in [4.69, 9.17) is 4.74 Å². The van der Waals surface area contributed by atoms with Crippen LogP contribution in [0.3, 0.4) is 0 Å². The lowest BCUT2D eigenvalue weighted by atomic mass is 10.2. The number of nitrogens with one attached hydrogen (secondary N) is 1. The third-order valence-electron chi connectivity index (χ3n) is 2.36. The minimum atomic E-state index is -0.578. The zero-order valence-corrected chi connectivity index (χ0v) is 11.0. The Morgan fingerprint density at radius 3 is 2.72 bits per heavy atom. The van der Waals surface area contributed by atoms with E-state index in [1.165, 1.54) is 0 Å². The second-order valence-electron chi connectivity index (χ2n) is 4.59. The van der Waals surface area contributed by atoms with Gasteiger partial charge in [-0.3, -0.25) is 9.59 Å². The highest BCUT2D eigenvalue weighted by Gasteiger charge is 2.14. The molecule has 4 heteroatoms. The van der Waals surface area contributed by atoms with Gasteiger partial charge >= 0.3 is 0 Å². The van der Waals surface area contributed by atoms with Gasteiger partial charge in [0.05, 0.1) is 0 Å². The number of aldehydes is 1. The molecule has 0 saturated carbocycles. The third kappa shape index (κ3) is 4.57. The van der Waals surface area contributed by atoms with Crippen molar-refractivity contribution >= 4 is 12.2 Å². The number of benzene rings is 1. The molecule has 0 bridgehead atoms. The van der Waals surface area contributed by atoms with Gasteiger partial charge in [0.15, 0.2) is 6.10 Å². The van der Waals surface area contributed by atoms with Gasteiger partial charge in [0, 0.05) is 12.1 Å². The van der Waals surface area contributed by atoms with Crippen LogP contribution in [0.1, 0.15) is 31.1 Å². The fourth-order valence-electron chi connectivity index (χ4n) is 1.37. The van der Waals surface area contributed by atoms with Crippen molar-refractivity contribution in [2.45, 2.75) is 26.9 Å². The number of carbonyl (C=O) groups excluding carboxylic acids is 2. The van der Waals surface area contributed by atoms with E-state index in [1.54, 1.807) is 31.2 Å². The Hall–Kier alpha value is -1.84. The van der Waals surface area contributed by atoms with E-state index < -0.39 is 6.10 Å². The second kappa shape index (κ2) is 6.79. The van der Waals surface area contributed by atoms with Crippen LogP contribution in [0.4, 0.5) is 0 Å². The molecule has 0 aliphatic heterocycles. The first-order valence-electron chi connectivity index (χ1n) is 6.02. The predicted molar refractivity (Wildman–Crippen MR) is 69.8 cm³/mol. The molecule has 1 atom stereocenters. The summed E-state index contributed by atoms with van der Waals surface area (Å²) in [4.78, 5) is 22.3. The largest absolute Gasteiger partial charge is 0.481 e. The van der Waals surface area contributed by atoms with Crippen molar-refractivity contribution in [1.82, 2.24) is 5.32 Å². The van der Waals surface area contributed by atoms with E-state index in [-0.39, 0.29) is 5.91 Å².